The van der Waals surface area contributed by atoms with Crippen molar-refractivity contribution < 1.29 is 23.5 Å². The second kappa shape index (κ2) is 11.2. The van der Waals surface area contributed by atoms with Crippen molar-refractivity contribution in [2.75, 3.05) is 29.7 Å². The molecule has 0 spiro atoms. The average molecular weight is 512 g/mol. The molecule has 0 aliphatic carbocycles. The summed E-state index contributed by atoms with van der Waals surface area (Å²) in [4.78, 5) is 31.9. The van der Waals surface area contributed by atoms with E-state index in [2.05, 4.69) is 10.3 Å². The van der Waals surface area contributed by atoms with Crippen LogP contribution in [0.15, 0.2) is 76.0 Å². The van der Waals surface area contributed by atoms with Crippen LogP contribution in [0.3, 0.4) is 0 Å². The molecule has 0 saturated heterocycles. The van der Waals surface area contributed by atoms with Gasteiger partial charge in [-0.15, -0.1) is 0 Å². The SMILES string of the molecule is CCOc1ccccc1NC(=O)CSC1=N/C(=C/c2ccco2)C(=O)N1c1ccc(OC)c(Cl)c1. The fraction of sp³-hybridized carbons (Fsp3) is 0.160. The first-order chi connectivity index (χ1) is 17.0. The van der Waals surface area contributed by atoms with E-state index in [1.807, 2.05) is 19.1 Å². The van der Waals surface area contributed by atoms with Gasteiger partial charge in [-0.05, 0) is 49.4 Å². The molecule has 3 aromatic rings. The average Bonchev–Trinajstić information content (AvgIpc) is 3.47. The fourth-order valence-electron chi connectivity index (χ4n) is 3.29. The predicted molar refractivity (Wildman–Crippen MR) is 138 cm³/mol. The molecule has 35 heavy (non-hydrogen) atoms. The van der Waals surface area contributed by atoms with E-state index in [0.717, 1.165) is 11.8 Å². The minimum Gasteiger partial charge on any atom is -0.495 e. The van der Waals surface area contributed by atoms with Gasteiger partial charge >= 0.3 is 0 Å². The predicted octanol–water partition coefficient (Wildman–Crippen LogP) is 5.46. The number of amidine groups is 1. The van der Waals surface area contributed by atoms with Gasteiger partial charge in [0.15, 0.2) is 5.17 Å². The van der Waals surface area contributed by atoms with Crippen LogP contribution < -0.4 is 19.7 Å². The summed E-state index contributed by atoms with van der Waals surface area (Å²) in [6.07, 6.45) is 3.06. The van der Waals surface area contributed by atoms with Crippen LogP contribution >= 0.6 is 23.4 Å². The second-order valence-corrected chi connectivity index (χ2v) is 8.51. The van der Waals surface area contributed by atoms with E-state index < -0.39 is 0 Å². The lowest BCUT2D eigenvalue weighted by Crippen LogP contribution is -2.31. The van der Waals surface area contributed by atoms with Gasteiger partial charge in [0.25, 0.3) is 5.91 Å². The molecule has 1 aliphatic heterocycles. The summed E-state index contributed by atoms with van der Waals surface area (Å²) in [7, 11) is 1.51. The third kappa shape index (κ3) is 5.70. The Labute approximate surface area is 211 Å². The van der Waals surface area contributed by atoms with Crippen LogP contribution in [-0.2, 0) is 9.59 Å². The number of para-hydroxylation sites is 2. The van der Waals surface area contributed by atoms with E-state index >= 15 is 0 Å². The molecule has 4 rings (SSSR count). The van der Waals surface area contributed by atoms with E-state index in [0.29, 0.717) is 45.4 Å². The number of anilines is 2. The molecule has 1 aromatic heterocycles. The number of hydrogen-bond acceptors (Lipinski definition) is 7. The molecular weight excluding hydrogens is 490 g/mol. The van der Waals surface area contributed by atoms with Gasteiger partial charge in [0, 0.05) is 6.08 Å². The Morgan fingerprint density at radius 1 is 1.20 bits per heavy atom. The summed E-state index contributed by atoms with van der Waals surface area (Å²) in [6.45, 7) is 2.35. The van der Waals surface area contributed by atoms with Gasteiger partial charge in [-0.2, -0.15) is 0 Å². The highest BCUT2D eigenvalue weighted by molar-refractivity contribution is 8.14. The van der Waals surface area contributed by atoms with Gasteiger partial charge in [0.05, 0.1) is 42.1 Å². The van der Waals surface area contributed by atoms with E-state index in [4.69, 9.17) is 25.5 Å². The van der Waals surface area contributed by atoms with Crippen molar-refractivity contribution >= 4 is 57.8 Å². The molecule has 8 nitrogen and oxygen atoms in total. The molecule has 0 unspecified atom stereocenters. The Balaban J connectivity index is 1.56. The first kappa shape index (κ1) is 24.4. The second-order valence-electron chi connectivity index (χ2n) is 7.16. The first-order valence-electron chi connectivity index (χ1n) is 10.7. The number of benzene rings is 2. The summed E-state index contributed by atoms with van der Waals surface area (Å²) < 4.78 is 16.1. The van der Waals surface area contributed by atoms with E-state index in [-0.39, 0.29) is 23.3 Å². The van der Waals surface area contributed by atoms with E-state index in [1.165, 1.54) is 18.3 Å². The first-order valence-corrected chi connectivity index (χ1v) is 12.0. The highest BCUT2D eigenvalue weighted by atomic mass is 35.5. The van der Waals surface area contributed by atoms with Crippen LogP contribution in [0, 0.1) is 0 Å². The molecular formula is C25H22ClN3O5S. The smallest absolute Gasteiger partial charge is 0.283 e. The van der Waals surface area contributed by atoms with Gasteiger partial charge in [-0.3, -0.25) is 14.5 Å². The van der Waals surface area contributed by atoms with Crippen LogP contribution in [-0.4, -0.2) is 36.5 Å². The van der Waals surface area contributed by atoms with Gasteiger partial charge in [-0.25, -0.2) is 4.99 Å². The Kier molecular flexibility index (Phi) is 7.79. The summed E-state index contributed by atoms with van der Waals surface area (Å²) in [5.41, 5.74) is 1.25. The lowest BCUT2D eigenvalue weighted by molar-refractivity contribution is -0.114. The van der Waals surface area contributed by atoms with Gasteiger partial charge in [0.2, 0.25) is 5.91 Å². The van der Waals surface area contributed by atoms with Crippen molar-refractivity contribution in [2.45, 2.75) is 6.92 Å². The topological polar surface area (TPSA) is 93.4 Å². The molecule has 2 amide bonds. The normalized spacial score (nSPS) is 14.3. The monoisotopic (exact) mass is 511 g/mol. The molecule has 0 bridgehead atoms. The van der Waals surface area contributed by atoms with Gasteiger partial charge in [-0.1, -0.05) is 35.5 Å². The third-order valence-corrected chi connectivity index (χ3v) is 6.07. The molecule has 1 aliphatic rings. The molecule has 2 aromatic carbocycles. The van der Waals surface area contributed by atoms with E-state index in [1.54, 1.807) is 48.5 Å². The van der Waals surface area contributed by atoms with Crippen LogP contribution in [0.5, 0.6) is 11.5 Å². The number of ether oxygens (including phenoxy) is 2. The fourth-order valence-corrected chi connectivity index (χ4v) is 4.36. The number of carbonyl (C=O) groups is 2. The highest BCUT2D eigenvalue weighted by Crippen LogP contribution is 2.34. The van der Waals surface area contributed by atoms with Gasteiger partial charge in [0.1, 0.15) is 23.0 Å². The molecule has 1 N–H and O–H groups in total. The maximum absolute atomic E-state index is 13.3. The number of nitrogens with zero attached hydrogens (tertiary/aromatic N) is 2. The van der Waals surface area contributed by atoms with E-state index in [9.17, 15) is 9.59 Å². The number of nitrogens with one attached hydrogen (secondary N) is 1. The van der Waals surface area contributed by atoms with Gasteiger partial charge < -0.3 is 19.2 Å². The summed E-state index contributed by atoms with van der Waals surface area (Å²) in [5.74, 6) is 0.926. The number of amides is 2. The molecule has 0 fully saturated rings. The lowest BCUT2D eigenvalue weighted by atomic mass is 10.2. The summed E-state index contributed by atoms with van der Waals surface area (Å²) in [5, 5.41) is 3.53. The standard InChI is InChI=1S/C25H22ClN3O5S/c1-3-33-22-9-5-4-8-19(22)27-23(30)15-35-25-28-20(14-17-7-6-12-34-17)24(31)29(25)16-10-11-21(32-2)18(26)13-16/h4-14H,3,15H2,1-2H3,(H,27,30)/b20-14+. The van der Waals surface area contributed by atoms with Crippen molar-refractivity contribution in [3.8, 4) is 11.5 Å². The number of halogens is 1. The number of hydrogen-bond donors (Lipinski definition) is 1. The maximum Gasteiger partial charge on any atom is 0.283 e. The van der Waals surface area contributed by atoms with Crippen LogP contribution in [0.1, 0.15) is 12.7 Å². The number of methoxy groups -OCH3 is 1. The minimum absolute atomic E-state index is 0.0149. The lowest BCUT2D eigenvalue weighted by Gasteiger charge is -2.18. The highest BCUT2D eigenvalue weighted by Gasteiger charge is 2.33. The molecule has 10 heteroatoms. The zero-order valence-corrected chi connectivity index (χ0v) is 20.6. The molecule has 180 valence electrons. The van der Waals surface area contributed by atoms with Crippen molar-refractivity contribution in [3.63, 3.8) is 0 Å². The third-order valence-electron chi connectivity index (χ3n) is 4.84. The van der Waals surface area contributed by atoms with Crippen molar-refractivity contribution in [2.24, 2.45) is 4.99 Å². The van der Waals surface area contributed by atoms with Crippen LogP contribution in [0.4, 0.5) is 11.4 Å². The minimum atomic E-state index is -0.368. The molecule has 0 radical (unpaired) electrons. The number of aliphatic imine (C=N–C) groups is 1. The van der Waals surface area contributed by atoms with Crippen molar-refractivity contribution in [3.05, 3.63) is 77.3 Å². The number of furan rings is 1. The Bertz CT molecular complexity index is 1290. The molecule has 2 heterocycles. The summed E-state index contributed by atoms with van der Waals surface area (Å²) >= 11 is 7.42. The Hall–Kier alpha value is -3.69. The zero-order chi connectivity index (χ0) is 24.8. The number of carbonyl (C=O) groups excluding carboxylic acids is 2. The quantitative estimate of drug-likeness (QED) is 0.404. The van der Waals surface area contributed by atoms with Crippen LogP contribution in [0.2, 0.25) is 5.02 Å². The number of thioether (sulfide) groups is 1. The largest absolute Gasteiger partial charge is 0.495 e. The Morgan fingerprint density at radius 3 is 2.74 bits per heavy atom. The molecule has 0 saturated carbocycles. The Morgan fingerprint density at radius 2 is 2.03 bits per heavy atom. The summed E-state index contributed by atoms with van der Waals surface area (Å²) in [6, 6.07) is 15.6. The van der Waals surface area contributed by atoms with Crippen molar-refractivity contribution in [1.82, 2.24) is 0 Å². The van der Waals surface area contributed by atoms with Crippen LogP contribution in [0.25, 0.3) is 6.08 Å². The zero-order valence-electron chi connectivity index (χ0n) is 19.0. The maximum atomic E-state index is 13.3. The van der Waals surface area contributed by atoms with Crippen molar-refractivity contribution in [1.29, 1.82) is 0 Å². The number of rotatable bonds is 8. The molecule has 0 atom stereocenters.